The molecule has 5 heteroatoms. The van der Waals surface area contributed by atoms with Crippen LogP contribution in [0.4, 0.5) is 0 Å². The number of hydrogen-bond donors (Lipinski definition) is 4. The highest BCUT2D eigenvalue weighted by Gasteiger charge is 2.27. The van der Waals surface area contributed by atoms with Crippen LogP contribution in [0.25, 0.3) is 0 Å². The van der Waals surface area contributed by atoms with Gasteiger partial charge in [-0.2, -0.15) is 0 Å². The van der Waals surface area contributed by atoms with E-state index in [0.29, 0.717) is 25.1 Å². The Balaban J connectivity index is 1.95. The van der Waals surface area contributed by atoms with Crippen LogP contribution in [0.15, 0.2) is 18.2 Å². The molecule has 0 amide bonds. The summed E-state index contributed by atoms with van der Waals surface area (Å²) in [7, 11) is 0. The van der Waals surface area contributed by atoms with Gasteiger partial charge < -0.3 is 25.4 Å². The van der Waals surface area contributed by atoms with Crippen molar-refractivity contribution in [2.45, 2.75) is 57.5 Å². The molecule has 1 aromatic rings. The summed E-state index contributed by atoms with van der Waals surface area (Å²) < 4.78 is 5.73. The lowest BCUT2D eigenvalue weighted by atomic mass is 9.87. The van der Waals surface area contributed by atoms with Crippen LogP contribution in [0, 0.1) is 0 Å². The Labute approximate surface area is 131 Å². The van der Waals surface area contributed by atoms with E-state index in [1.807, 2.05) is 39.0 Å². The first-order valence-corrected chi connectivity index (χ1v) is 7.79. The van der Waals surface area contributed by atoms with E-state index >= 15 is 0 Å². The number of benzene rings is 1. The van der Waals surface area contributed by atoms with E-state index in [1.54, 1.807) is 0 Å². The van der Waals surface area contributed by atoms with E-state index in [9.17, 15) is 15.3 Å². The van der Waals surface area contributed by atoms with Gasteiger partial charge in [0.25, 0.3) is 0 Å². The molecule has 2 rings (SSSR count). The number of β-amino-alcohol motifs (C(OH)–C–C–N with tert-alkyl or cyclic N) is 1. The molecule has 0 aromatic heterocycles. The molecular weight excluding hydrogens is 282 g/mol. The Morgan fingerprint density at radius 3 is 2.59 bits per heavy atom. The first kappa shape index (κ1) is 17.2. The summed E-state index contributed by atoms with van der Waals surface area (Å²) in [6.45, 7) is 6.78. The van der Waals surface area contributed by atoms with Crippen molar-refractivity contribution in [2.24, 2.45) is 0 Å². The van der Waals surface area contributed by atoms with Crippen molar-refractivity contribution >= 4 is 0 Å². The van der Waals surface area contributed by atoms with Crippen molar-refractivity contribution in [1.82, 2.24) is 5.32 Å². The quantitative estimate of drug-likeness (QED) is 0.641. The Bertz CT molecular complexity index is 498. The van der Waals surface area contributed by atoms with Gasteiger partial charge in [0.05, 0.1) is 12.2 Å². The average Bonchev–Trinajstić information content (AvgIpc) is 2.43. The maximum absolute atomic E-state index is 10.00. The largest absolute Gasteiger partial charge is 0.491 e. The van der Waals surface area contributed by atoms with Crippen molar-refractivity contribution in [2.75, 3.05) is 13.2 Å². The van der Waals surface area contributed by atoms with Gasteiger partial charge in [-0.25, -0.2) is 0 Å². The Kier molecular flexibility index (Phi) is 5.45. The van der Waals surface area contributed by atoms with Gasteiger partial charge in [-0.15, -0.1) is 0 Å². The molecule has 0 spiro atoms. The second kappa shape index (κ2) is 6.96. The molecular formula is C17H27NO4. The minimum Gasteiger partial charge on any atom is -0.491 e. The third-order valence-electron chi connectivity index (χ3n) is 3.82. The van der Waals surface area contributed by atoms with Crippen molar-refractivity contribution in [3.8, 4) is 5.75 Å². The highest BCUT2D eigenvalue weighted by molar-refractivity contribution is 5.43. The van der Waals surface area contributed by atoms with E-state index in [1.165, 1.54) is 0 Å². The zero-order valence-electron chi connectivity index (χ0n) is 13.5. The fourth-order valence-electron chi connectivity index (χ4n) is 2.54. The fraction of sp³-hybridized carbons (Fsp3) is 0.647. The van der Waals surface area contributed by atoms with Gasteiger partial charge in [0, 0.05) is 30.5 Å². The van der Waals surface area contributed by atoms with Crippen LogP contribution in [0.1, 0.15) is 31.9 Å². The summed E-state index contributed by atoms with van der Waals surface area (Å²) in [5.74, 6) is 0.679. The summed E-state index contributed by atoms with van der Waals surface area (Å²) in [6.07, 6.45) is -1.27. The van der Waals surface area contributed by atoms with Crippen molar-refractivity contribution in [3.05, 3.63) is 29.3 Å². The van der Waals surface area contributed by atoms with Crippen LogP contribution < -0.4 is 10.1 Å². The molecule has 1 aliphatic carbocycles. The molecule has 4 N–H and O–H groups in total. The van der Waals surface area contributed by atoms with Gasteiger partial charge in [-0.3, -0.25) is 0 Å². The molecule has 124 valence electrons. The van der Waals surface area contributed by atoms with E-state index in [0.717, 1.165) is 11.1 Å². The number of aliphatic hydroxyl groups is 3. The lowest BCUT2D eigenvalue weighted by Crippen LogP contribution is -2.42. The van der Waals surface area contributed by atoms with Crippen LogP contribution in [-0.4, -0.2) is 52.3 Å². The maximum Gasteiger partial charge on any atom is 0.123 e. The predicted octanol–water partition coefficient (Wildman–Crippen LogP) is 0.635. The lowest BCUT2D eigenvalue weighted by Gasteiger charge is -2.28. The Hall–Kier alpha value is -1.14. The Morgan fingerprint density at radius 1 is 1.23 bits per heavy atom. The van der Waals surface area contributed by atoms with Crippen molar-refractivity contribution < 1.29 is 20.1 Å². The standard InChI is InChI=1S/C17H27NO4/c1-17(2,3)18-9-12(19)10-22-16-6-4-5-11-7-14(20)15(21)8-13(11)16/h4-6,12,14-15,18-21H,7-10H2,1-3H3/t12-,14+,15+/m1/s1. The SMILES string of the molecule is CC(C)(C)NC[C@@H](O)COc1cccc2c1C[C@H](O)[C@@H](O)C2. The van der Waals surface area contributed by atoms with E-state index < -0.39 is 18.3 Å². The smallest absolute Gasteiger partial charge is 0.123 e. The minimum atomic E-state index is -0.760. The highest BCUT2D eigenvalue weighted by Crippen LogP contribution is 2.30. The highest BCUT2D eigenvalue weighted by atomic mass is 16.5. The second-order valence-corrected chi connectivity index (χ2v) is 7.03. The zero-order chi connectivity index (χ0) is 16.3. The summed E-state index contributed by atoms with van der Waals surface area (Å²) in [5.41, 5.74) is 1.88. The number of hydrogen-bond acceptors (Lipinski definition) is 5. The summed E-state index contributed by atoms with van der Waals surface area (Å²) >= 11 is 0. The fourth-order valence-corrected chi connectivity index (χ4v) is 2.54. The normalized spacial score (nSPS) is 23.0. The third kappa shape index (κ3) is 4.68. The molecule has 5 nitrogen and oxygen atoms in total. The number of rotatable bonds is 5. The molecule has 0 aliphatic heterocycles. The van der Waals surface area contributed by atoms with Crippen LogP contribution in [0.2, 0.25) is 0 Å². The molecule has 22 heavy (non-hydrogen) atoms. The molecule has 0 radical (unpaired) electrons. The first-order valence-electron chi connectivity index (χ1n) is 7.79. The van der Waals surface area contributed by atoms with Gasteiger partial charge in [0.2, 0.25) is 0 Å². The summed E-state index contributed by atoms with van der Waals surface area (Å²) in [6, 6.07) is 5.65. The minimum absolute atomic E-state index is 0.0485. The second-order valence-electron chi connectivity index (χ2n) is 7.03. The zero-order valence-corrected chi connectivity index (χ0v) is 13.5. The molecule has 0 saturated carbocycles. The molecule has 0 saturated heterocycles. The average molecular weight is 309 g/mol. The molecule has 0 fully saturated rings. The van der Waals surface area contributed by atoms with Gasteiger partial charge >= 0.3 is 0 Å². The molecule has 0 bridgehead atoms. The number of fused-ring (bicyclic) bond motifs is 1. The summed E-state index contributed by atoms with van der Waals surface area (Å²) in [4.78, 5) is 0. The molecule has 3 atom stereocenters. The Morgan fingerprint density at radius 2 is 1.91 bits per heavy atom. The van der Waals surface area contributed by atoms with Gasteiger partial charge in [0.1, 0.15) is 18.5 Å². The van der Waals surface area contributed by atoms with Crippen LogP contribution >= 0.6 is 0 Å². The lowest BCUT2D eigenvalue weighted by molar-refractivity contribution is 0.0132. The van der Waals surface area contributed by atoms with E-state index in [-0.39, 0.29) is 12.1 Å². The van der Waals surface area contributed by atoms with Crippen LogP contribution in [-0.2, 0) is 12.8 Å². The van der Waals surface area contributed by atoms with E-state index in [2.05, 4.69) is 5.32 Å². The van der Waals surface area contributed by atoms with Gasteiger partial charge in [-0.1, -0.05) is 12.1 Å². The molecule has 1 aliphatic rings. The third-order valence-corrected chi connectivity index (χ3v) is 3.82. The van der Waals surface area contributed by atoms with Gasteiger partial charge in [0.15, 0.2) is 0 Å². The topological polar surface area (TPSA) is 82.0 Å². The van der Waals surface area contributed by atoms with E-state index in [4.69, 9.17) is 4.74 Å². The van der Waals surface area contributed by atoms with Gasteiger partial charge in [-0.05, 0) is 32.4 Å². The first-order chi connectivity index (χ1) is 10.3. The number of nitrogens with one attached hydrogen (secondary N) is 1. The number of aliphatic hydroxyl groups excluding tert-OH is 3. The summed E-state index contributed by atoms with van der Waals surface area (Å²) in [5, 5.41) is 32.8. The van der Waals surface area contributed by atoms with Crippen molar-refractivity contribution in [3.63, 3.8) is 0 Å². The van der Waals surface area contributed by atoms with Crippen LogP contribution in [0.5, 0.6) is 5.75 Å². The molecule has 0 heterocycles. The number of ether oxygens (including phenoxy) is 1. The molecule has 0 unspecified atom stereocenters. The monoisotopic (exact) mass is 309 g/mol. The van der Waals surface area contributed by atoms with Crippen LogP contribution in [0.3, 0.4) is 0 Å². The van der Waals surface area contributed by atoms with Crippen molar-refractivity contribution in [1.29, 1.82) is 0 Å². The predicted molar refractivity (Wildman–Crippen MR) is 85.1 cm³/mol. The molecule has 1 aromatic carbocycles. The maximum atomic E-state index is 10.00.